The number of hydrogen-bond donors (Lipinski definition) is 2. The number of aliphatic hydroxyl groups excluding tert-OH is 1. The van der Waals surface area contributed by atoms with Crippen molar-refractivity contribution in [3.05, 3.63) is 35.9 Å². The summed E-state index contributed by atoms with van der Waals surface area (Å²) in [6, 6.07) is 9.77. The maximum absolute atomic E-state index is 9.87. The van der Waals surface area contributed by atoms with E-state index in [1.165, 1.54) is 0 Å². The summed E-state index contributed by atoms with van der Waals surface area (Å²) < 4.78 is 0. The van der Waals surface area contributed by atoms with Crippen LogP contribution in [0.15, 0.2) is 30.3 Å². The predicted octanol–water partition coefficient (Wildman–Crippen LogP) is 3.21. The van der Waals surface area contributed by atoms with Crippen molar-refractivity contribution in [3.8, 4) is 0 Å². The first kappa shape index (κ1) is 11.6. The molecule has 0 bridgehead atoms. The topological polar surface area (TPSA) is 20.2 Å². The Hall–Kier alpha value is -0.470. The van der Waals surface area contributed by atoms with Crippen molar-refractivity contribution in [2.75, 3.05) is 0 Å². The van der Waals surface area contributed by atoms with Crippen LogP contribution in [0.5, 0.6) is 0 Å². The van der Waals surface area contributed by atoms with Crippen molar-refractivity contribution < 1.29 is 5.11 Å². The van der Waals surface area contributed by atoms with Crippen molar-refractivity contribution in [1.82, 2.24) is 0 Å². The summed E-state index contributed by atoms with van der Waals surface area (Å²) in [4.78, 5) is 0. The Kier molecular flexibility index (Phi) is 5.05. The number of benzene rings is 1. The summed E-state index contributed by atoms with van der Waals surface area (Å²) in [6.07, 6.45) is 2.55. The molecule has 1 aromatic rings. The lowest BCUT2D eigenvalue weighted by Crippen LogP contribution is -2.06. The summed E-state index contributed by atoms with van der Waals surface area (Å²) >= 11 is 4.44. The molecule has 0 aliphatic carbocycles. The fourth-order valence-electron chi connectivity index (χ4n) is 1.52. The molecule has 1 nitrogen and oxygen atoms in total. The van der Waals surface area contributed by atoms with Gasteiger partial charge in [0.25, 0.3) is 0 Å². The Morgan fingerprint density at radius 2 is 1.93 bits per heavy atom. The minimum atomic E-state index is -0.370. The van der Waals surface area contributed by atoms with Gasteiger partial charge in [0.05, 0.1) is 6.10 Å². The summed E-state index contributed by atoms with van der Waals surface area (Å²) in [5.74, 6) is 0. The molecule has 0 amide bonds. The summed E-state index contributed by atoms with van der Waals surface area (Å²) in [6.45, 7) is 2.14. The fraction of sp³-hybridized carbons (Fsp3) is 0.500. The van der Waals surface area contributed by atoms with Crippen LogP contribution in [0.4, 0.5) is 0 Å². The third-order valence-corrected chi connectivity index (χ3v) is 2.77. The fourth-order valence-corrected chi connectivity index (χ4v) is 1.98. The molecule has 1 N–H and O–H groups in total. The number of hydrogen-bond acceptors (Lipinski definition) is 2. The Morgan fingerprint density at radius 1 is 1.29 bits per heavy atom. The first-order valence-electron chi connectivity index (χ1n) is 5.15. The van der Waals surface area contributed by atoms with Crippen molar-refractivity contribution in [2.24, 2.45) is 0 Å². The van der Waals surface area contributed by atoms with Crippen molar-refractivity contribution in [2.45, 2.75) is 37.5 Å². The van der Waals surface area contributed by atoms with Gasteiger partial charge < -0.3 is 5.11 Å². The SMILES string of the molecule is CCC[C@H](S)C[C@@H](O)c1ccccc1. The van der Waals surface area contributed by atoms with Crippen LogP contribution >= 0.6 is 12.6 Å². The largest absolute Gasteiger partial charge is 0.388 e. The number of thiol groups is 1. The second kappa shape index (κ2) is 6.10. The summed E-state index contributed by atoms with van der Waals surface area (Å²) in [7, 11) is 0. The molecule has 0 saturated heterocycles. The van der Waals surface area contributed by atoms with Gasteiger partial charge in [0, 0.05) is 5.25 Å². The van der Waals surface area contributed by atoms with Crippen LogP contribution in [-0.4, -0.2) is 10.4 Å². The molecule has 0 radical (unpaired) electrons. The minimum absolute atomic E-state index is 0.301. The molecule has 0 fully saturated rings. The van der Waals surface area contributed by atoms with E-state index in [0.717, 1.165) is 24.8 Å². The first-order valence-corrected chi connectivity index (χ1v) is 5.66. The molecule has 2 atom stereocenters. The van der Waals surface area contributed by atoms with Gasteiger partial charge in [-0.15, -0.1) is 0 Å². The van der Waals surface area contributed by atoms with E-state index in [-0.39, 0.29) is 6.10 Å². The smallest absolute Gasteiger partial charge is 0.0800 e. The zero-order chi connectivity index (χ0) is 10.4. The van der Waals surface area contributed by atoms with Crippen LogP contribution < -0.4 is 0 Å². The van der Waals surface area contributed by atoms with Gasteiger partial charge in [-0.1, -0.05) is 43.7 Å². The highest BCUT2D eigenvalue weighted by Crippen LogP contribution is 2.22. The van der Waals surface area contributed by atoms with Crippen LogP contribution in [0.1, 0.15) is 37.9 Å². The standard InChI is InChI=1S/C12H18OS/c1-2-6-11(14)9-12(13)10-7-4-3-5-8-10/h3-5,7-8,11-14H,2,6,9H2,1H3/t11-,12+/m0/s1. The molecule has 0 aliphatic heterocycles. The van der Waals surface area contributed by atoms with Crippen LogP contribution in [0.2, 0.25) is 0 Å². The van der Waals surface area contributed by atoms with Gasteiger partial charge in [0.2, 0.25) is 0 Å². The monoisotopic (exact) mass is 210 g/mol. The second-order valence-electron chi connectivity index (χ2n) is 3.60. The van der Waals surface area contributed by atoms with E-state index in [9.17, 15) is 5.11 Å². The lowest BCUT2D eigenvalue weighted by Gasteiger charge is -2.15. The molecule has 14 heavy (non-hydrogen) atoms. The Balaban J connectivity index is 2.46. The molecule has 2 heteroatoms. The van der Waals surface area contributed by atoms with Crippen LogP contribution in [-0.2, 0) is 0 Å². The molecule has 0 saturated carbocycles. The van der Waals surface area contributed by atoms with Crippen LogP contribution in [0.25, 0.3) is 0 Å². The zero-order valence-corrected chi connectivity index (χ0v) is 9.45. The molecule has 0 aromatic heterocycles. The Labute approximate surface area is 91.6 Å². The maximum atomic E-state index is 9.87. The highest BCUT2D eigenvalue weighted by molar-refractivity contribution is 7.80. The van der Waals surface area contributed by atoms with E-state index in [1.54, 1.807) is 0 Å². The van der Waals surface area contributed by atoms with Crippen molar-refractivity contribution >= 4 is 12.6 Å². The van der Waals surface area contributed by atoms with Gasteiger partial charge in [0.1, 0.15) is 0 Å². The van der Waals surface area contributed by atoms with Gasteiger partial charge >= 0.3 is 0 Å². The van der Waals surface area contributed by atoms with Crippen LogP contribution in [0, 0.1) is 0 Å². The second-order valence-corrected chi connectivity index (χ2v) is 4.33. The van der Waals surface area contributed by atoms with E-state index in [2.05, 4.69) is 19.6 Å². The van der Waals surface area contributed by atoms with Gasteiger partial charge in [-0.25, -0.2) is 0 Å². The molecule has 1 rings (SSSR count). The molecule has 0 aliphatic rings. The van der Waals surface area contributed by atoms with E-state index >= 15 is 0 Å². The molecular formula is C12H18OS. The highest BCUT2D eigenvalue weighted by Gasteiger charge is 2.11. The molecule has 1 aromatic carbocycles. The van der Waals surface area contributed by atoms with Crippen molar-refractivity contribution in [1.29, 1.82) is 0 Å². The molecule has 0 spiro atoms. The lowest BCUT2D eigenvalue weighted by atomic mass is 10.0. The summed E-state index contributed by atoms with van der Waals surface area (Å²) in [5, 5.41) is 10.2. The Morgan fingerprint density at radius 3 is 2.50 bits per heavy atom. The minimum Gasteiger partial charge on any atom is -0.388 e. The maximum Gasteiger partial charge on any atom is 0.0800 e. The van der Waals surface area contributed by atoms with Gasteiger partial charge in [-0.05, 0) is 18.4 Å². The molecular weight excluding hydrogens is 192 g/mol. The van der Waals surface area contributed by atoms with Gasteiger partial charge in [-0.3, -0.25) is 0 Å². The van der Waals surface area contributed by atoms with Gasteiger partial charge in [-0.2, -0.15) is 12.6 Å². The molecule has 78 valence electrons. The van der Waals surface area contributed by atoms with E-state index in [0.29, 0.717) is 5.25 Å². The number of aliphatic hydroxyl groups is 1. The number of rotatable bonds is 5. The van der Waals surface area contributed by atoms with E-state index < -0.39 is 0 Å². The van der Waals surface area contributed by atoms with E-state index in [4.69, 9.17) is 0 Å². The third kappa shape index (κ3) is 3.72. The average Bonchev–Trinajstić information content (AvgIpc) is 2.19. The van der Waals surface area contributed by atoms with E-state index in [1.807, 2.05) is 30.3 Å². The lowest BCUT2D eigenvalue weighted by molar-refractivity contribution is 0.166. The van der Waals surface area contributed by atoms with Crippen LogP contribution in [0.3, 0.4) is 0 Å². The van der Waals surface area contributed by atoms with Crippen molar-refractivity contribution in [3.63, 3.8) is 0 Å². The summed E-state index contributed by atoms with van der Waals surface area (Å²) in [5.41, 5.74) is 0.989. The third-order valence-electron chi connectivity index (χ3n) is 2.30. The zero-order valence-electron chi connectivity index (χ0n) is 8.56. The average molecular weight is 210 g/mol. The van der Waals surface area contributed by atoms with Gasteiger partial charge in [0.15, 0.2) is 0 Å². The quantitative estimate of drug-likeness (QED) is 0.715. The molecule has 0 unspecified atom stereocenters. The normalized spacial score (nSPS) is 15.1. The first-order chi connectivity index (χ1) is 6.74. The highest BCUT2D eigenvalue weighted by atomic mass is 32.1. The molecule has 0 heterocycles. The predicted molar refractivity (Wildman–Crippen MR) is 63.7 cm³/mol. The Bertz CT molecular complexity index is 248.